The molecule has 2 atom stereocenters. The lowest BCUT2D eigenvalue weighted by atomic mass is 10.1. The molecule has 2 fully saturated rings. The first-order chi connectivity index (χ1) is 13.1. The van der Waals surface area contributed by atoms with Crippen LogP contribution in [0.15, 0.2) is 48.5 Å². The summed E-state index contributed by atoms with van der Waals surface area (Å²) in [4.78, 5) is 28.8. The van der Waals surface area contributed by atoms with E-state index in [-0.39, 0.29) is 30.5 Å². The van der Waals surface area contributed by atoms with Crippen molar-refractivity contribution in [3.05, 3.63) is 65.2 Å². The van der Waals surface area contributed by atoms with Gasteiger partial charge in [-0.3, -0.25) is 14.6 Å². The molecule has 7 heteroatoms. The molecule has 6 nitrogen and oxygen atoms in total. The van der Waals surface area contributed by atoms with Crippen molar-refractivity contribution >= 4 is 23.7 Å². The molecule has 2 aromatic carbocycles. The van der Waals surface area contributed by atoms with Gasteiger partial charge in [0.25, 0.3) is 5.91 Å². The van der Waals surface area contributed by atoms with Crippen LogP contribution >= 0.6 is 11.8 Å². The number of benzene rings is 2. The summed E-state index contributed by atoms with van der Waals surface area (Å²) in [6.07, 6.45) is 0. The van der Waals surface area contributed by atoms with Gasteiger partial charge in [-0.25, -0.2) is 4.79 Å². The Kier molecular flexibility index (Phi) is 4.80. The van der Waals surface area contributed by atoms with E-state index in [0.29, 0.717) is 5.75 Å². The normalized spacial score (nSPS) is 21.7. The molecule has 0 spiro atoms. The van der Waals surface area contributed by atoms with Crippen LogP contribution in [-0.2, 0) is 17.9 Å². The highest BCUT2D eigenvalue weighted by Gasteiger charge is 2.52. The molecule has 1 unspecified atom stereocenters. The largest absolute Gasteiger partial charge is 0.497 e. The van der Waals surface area contributed by atoms with E-state index >= 15 is 0 Å². The third kappa shape index (κ3) is 3.17. The number of aliphatic hydroxyl groups excluding tert-OH is 1. The Hall–Kier alpha value is -2.51. The van der Waals surface area contributed by atoms with E-state index in [1.807, 2.05) is 48.5 Å². The van der Waals surface area contributed by atoms with Gasteiger partial charge in [0, 0.05) is 5.75 Å². The number of amides is 3. The molecular formula is C20H20N2O4S. The summed E-state index contributed by atoms with van der Waals surface area (Å²) in [7, 11) is 1.60. The van der Waals surface area contributed by atoms with Gasteiger partial charge >= 0.3 is 6.03 Å². The van der Waals surface area contributed by atoms with Gasteiger partial charge in [-0.05, 0) is 28.8 Å². The van der Waals surface area contributed by atoms with E-state index in [0.717, 1.165) is 22.4 Å². The van der Waals surface area contributed by atoms with Crippen molar-refractivity contribution in [2.45, 2.75) is 24.6 Å². The summed E-state index contributed by atoms with van der Waals surface area (Å²) in [6.45, 7) is 0.243. The fourth-order valence-corrected chi connectivity index (χ4v) is 4.86. The van der Waals surface area contributed by atoms with Gasteiger partial charge in [0.1, 0.15) is 17.2 Å². The summed E-state index contributed by atoms with van der Waals surface area (Å²) in [5, 5.41) is 9.02. The predicted octanol–water partition coefficient (Wildman–Crippen LogP) is 2.77. The molecule has 2 saturated heterocycles. The van der Waals surface area contributed by atoms with Crippen LogP contribution in [-0.4, -0.2) is 45.7 Å². The highest BCUT2D eigenvalue weighted by molar-refractivity contribution is 7.99. The minimum atomic E-state index is -0.414. The van der Waals surface area contributed by atoms with Crippen LogP contribution < -0.4 is 4.74 Å². The Morgan fingerprint density at radius 2 is 1.74 bits per heavy atom. The number of nitrogens with zero attached hydrogens (tertiary/aromatic N) is 2. The molecule has 0 bridgehead atoms. The molecule has 27 heavy (non-hydrogen) atoms. The first kappa shape index (κ1) is 17.9. The lowest BCUT2D eigenvalue weighted by molar-refractivity contribution is -0.128. The molecule has 1 N–H and O–H groups in total. The number of fused-ring (bicyclic) bond motifs is 1. The molecule has 2 aromatic rings. The minimum Gasteiger partial charge on any atom is -0.497 e. The van der Waals surface area contributed by atoms with Gasteiger partial charge in [0.2, 0.25) is 0 Å². The second-order valence-electron chi connectivity index (χ2n) is 6.56. The number of carbonyl (C=O) groups is 2. The summed E-state index contributed by atoms with van der Waals surface area (Å²) in [5.41, 5.74) is 2.67. The fraction of sp³-hybridized carbons (Fsp3) is 0.300. The van der Waals surface area contributed by atoms with Gasteiger partial charge in [-0.2, -0.15) is 0 Å². The van der Waals surface area contributed by atoms with Crippen LogP contribution in [0.25, 0.3) is 0 Å². The zero-order chi connectivity index (χ0) is 19.0. The number of hydrogen-bond acceptors (Lipinski definition) is 5. The van der Waals surface area contributed by atoms with Crippen molar-refractivity contribution < 1.29 is 19.4 Å². The summed E-state index contributed by atoms with van der Waals surface area (Å²) in [5.74, 6) is 1.19. The molecule has 4 rings (SSSR count). The number of aliphatic hydroxyl groups is 1. The number of carbonyl (C=O) groups excluding carboxylic acids is 2. The van der Waals surface area contributed by atoms with Crippen LogP contribution in [0.4, 0.5) is 4.79 Å². The standard InChI is InChI=1S/C20H20N2O4S/c1-26-16-8-4-13(5-9-16)10-21-18(24)17-12-27-19(22(17)20(21)25)15-6-2-14(11-23)3-7-15/h2-9,17,19,23H,10-12H2,1H3/t17-,19?/m0/s1. The van der Waals surface area contributed by atoms with Crippen molar-refractivity contribution in [3.63, 3.8) is 0 Å². The average molecular weight is 384 g/mol. The van der Waals surface area contributed by atoms with Crippen molar-refractivity contribution in [3.8, 4) is 5.75 Å². The van der Waals surface area contributed by atoms with Gasteiger partial charge in [-0.1, -0.05) is 36.4 Å². The van der Waals surface area contributed by atoms with Crippen LogP contribution in [0.3, 0.4) is 0 Å². The molecule has 0 saturated carbocycles. The van der Waals surface area contributed by atoms with Crippen LogP contribution in [0, 0.1) is 0 Å². The minimum absolute atomic E-state index is 0.0164. The Balaban J connectivity index is 1.54. The quantitative estimate of drug-likeness (QED) is 0.803. The predicted molar refractivity (Wildman–Crippen MR) is 102 cm³/mol. The van der Waals surface area contributed by atoms with Crippen LogP contribution in [0.1, 0.15) is 22.1 Å². The highest BCUT2D eigenvalue weighted by Crippen LogP contribution is 2.45. The zero-order valence-electron chi connectivity index (χ0n) is 14.9. The lowest BCUT2D eigenvalue weighted by Crippen LogP contribution is -2.33. The number of methoxy groups -OCH3 is 1. The van der Waals surface area contributed by atoms with Crippen molar-refractivity contribution in [1.29, 1.82) is 0 Å². The number of imide groups is 1. The maximum absolute atomic E-state index is 13.0. The number of hydrogen-bond donors (Lipinski definition) is 1. The molecule has 2 heterocycles. The SMILES string of the molecule is COc1ccc(CN2C(=O)[C@@H]3CSC(c4ccc(CO)cc4)N3C2=O)cc1. The number of urea groups is 1. The van der Waals surface area contributed by atoms with Gasteiger partial charge in [-0.15, -0.1) is 11.8 Å². The van der Waals surface area contributed by atoms with Gasteiger partial charge in [0.05, 0.1) is 20.3 Å². The molecule has 0 radical (unpaired) electrons. The van der Waals surface area contributed by atoms with Crippen LogP contribution in [0.5, 0.6) is 5.75 Å². The van der Waals surface area contributed by atoms with E-state index in [1.54, 1.807) is 23.8 Å². The Bertz CT molecular complexity index is 853. The zero-order valence-corrected chi connectivity index (χ0v) is 15.7. The Morgan fingerprint density at radius 3 is 2.37 bits per heavy atom. The molecule has 140 valence electrons. The highest BCUT2D eigenvalue weighted by atomic mass is 32.2. The topological polar surface area (TPSA) is 70.1 Å². The third-order valence-corrected chi connectivity index (χ3v) is 6.27. The smallest absolute Gasteiger partial charge is 0.328 e. The summed E-state index contributed by atoms with van der Waals surface area (Å²) >= 11 is 1.60. The first-order valence-electron chi connectivity index (χ1n) is 8.70. The maximum Gasteiger partial charge on any atom is 0.328 e. The van der Waals surface area contributed by atoms with Crippen molar-refractivity contribution in [1.82, 2.24) is 9.80 Å². The van der Waals surface area contributed by atoms with Gasteiger partial charge < -0.3 is 9.84 Å². The van der Waals surface area contributed by atoms with Gasteiger partial charge in [0.15, 0.2) is 0 Å². The van der Waals surface area contributed by atoms with E-state index in [1.165, 1.54) is 4.90 Å². The number of rotatable bonds is 5. The molecule has 0 aromatic heterocycles. The second-order valence-corrected chi connectivity index (χ2v) is 7.68. The monoisotopic (exact) mass is 384 g/mol. The van der Waals surface area contributed by atoms with E-state index in [9.17, 15) is 14.7 Å². The first-order valence-corrected chi connectivity index (χ1v) is 9.75. The molecule has 2 aliphatic heterocycles. The second kappa shape index (κ2) is 7.25. The fourth-order valence-electron chi connectivity index (χ4n) is 3.45. The Labute approximate surface area is 161 Å². The average Bonchev–Trinajstić information content (AvgIpc) is 3.25. The van der Waals surface area contributed by atoms with E-state index in [4.69, 9.17) is 4.74 Å². The van der Waals surface area contributed by atoms with E-state index in [2.05, 4.69) is 0 Å². The maximum atomic E-state index is 13.0. The summed E-state index contributed by atoms with van der Waals surface area (Å²) < 4.78 is 5.15. The molecule has 3 amide bonds. The molecule has 2 aliphatic rings. The molecular weight excluding hydrogens is 364 g/mol. The van der Waals surface area contributed by atoms with E-state index < -0.39 is 6.04 Å². The van der Waals surface area contributed by atoms with Crippen molar-refractivity contribution in [2.75, 3.05) is 12.9 Å². The van der Waals surface area contributed by atoms with Crippen molar-refractivity contribution in [2.24, 2.45) is 0 Å². The third-order valence-electron chi connectivity index (χ3n) is 4.95. The lowest BCUT2D eigenvalue weighted by Gasteiger charge is -2.23. The molecule has 0 aliphatic carbocycles. The van der Waals surface area contributed by atoms with Crippen LogP contribution in [0.2, 0.25) is 0 Å². The summed E-state index contributed by atoms with van der Waals surface area (Å²) in [6, 6.07) is 14.2. The number of ether oxygens (including phenoxy) is 1. The Morgan fingerprint density at radius 1 is 1.07 bits per heavy atom. The number of thioether (sulfide) groups is 1.